The average Bonchev–Trinajstić information content (AvgIpc) is 2.28. The van der Waals surface area contributed by atoms with Crippen molar-refractivity contribution in [3.63, 3.8) is 0 Å². The van der Waals surface area contributed by atoms with Crippen LogP contribution in [0.2, 0.25) is 0 Å². The zero-order valence-corrected chi connectivity index (χ0v) is 10.0. The predicted octanol–water partition coefficient (Wildman–Crippen LogP) is 3.38. The summed E-state index contributed by atoms with van der Waals surface area (Å²) >= 11 is 0. The molecule has 2 aromatic rings. The van der Waals surface area contributed by atoms with Crippen molar-refractivity contribution in [2.24, 2.45) is 5.84 Å². The molecule has 0 saturated carbocycles. The van der Waals surface area contributed by atoms with Gasteiger partial charge in [-0.05, 0) is 61.4 Å². The molecule has 0 heterocycles. The second kappa shape index (κ2) is 4.89. The lowest BCUT2D eigenvalue weighted by molar-refractivity contribution is 0.482. The lowest BCUT2D eigenvalue weighted by atomic mass is 10.1. The van der Waals surface area contributed by atoms with Crippen molar-refractivity contribution < 1.29 is 4.74 Å². The molecule has 0 saturated heterocycles. The van der Waals surface area contributed by atoms with Gasteiger partial charge in [0, 0.05) is 5.69 Å². The van der Waals surface area contributed by atoms with Crippen molar-refractivity contribution in [1.82, 2.24) is 0 Å². The highest BCUT2D eigenvalue weighted by Crippen LogP contribution is 2.24. The summed E-state index contributed by atoms with van der Waals surface area (Å²) in [7, 11) is 0. The number of nitrogens with two attached hydrogens (primary N) is 1. The summed E-state index contributed by atoms with van der Waals surface area (Å²) in [5, 5.41) is 0. The molecule has 0 aliphatic carbocycles. The van der Waals surface area contributed by atoms with E-state index in [0.29, 0.717) is 0 Å². The molecule has 0 spiro atoms. The van der Waals surface area contributed by atoms with Gasteiger partial charge in [0.25, 0.3) is 0 Å². The molecule has 3 N–H and O–H groups in total. The Hall–Kier alpha value is -2.00. The second-order valence-corrected chi connectivity index (χ2v) is 4.09. The SMILES string of the molecule is Cc1cc(C)cc(Oc2ccc(NN)cc2)c1. The number of rotatable bonds is 3. The molecule has 88 valence electrons. The molecule has 2 aromatic carbocycles. The minimum absolute atomic E-state index is 0.800. The van der Waals surface area contributed by atoms with E-state index in [4.69, 9.17) is 10.6 Å². The largest absolute Gasteiger partial charge is 0.457 e. The molecule has 0 aromatic heterocycles. The number of aryl methyl sites for hydroxylation is 2. The molecule has 0 fully saturated rings. The van der Waals surface area contributed by atoms with Crippen LogP contribution in [0.1, 0.15) is 11.1 Å². The molecule has 0 aliphatic rings. The lowest BCUT2D eigenvalue weighted by Crippen LogP contribution is -2.05. The van der Waals surface area contributed by atoms with Crippen LogP contribution in [0.5, 0.6) is 11.5 Å². The van der Waals surface area contributed by atoms with E-state index >= 15 is 0 Å². The Morgan fingerprint density at radius 2 is 1.47 bits per heavy atom. The fourth-order valence-electron chi connectivity index (χ4n) is 1.75. The molecule has 0 bridgehead atoms. The van der Waals surface area contributed by atoms with Crippen LogP contribution in [0.3, 0.4) is 0 Å². The minimum Gasteiger partial charge on any atom is -0.457 e. The summed E-state index contributed by atoms with van der Waals surface area (Å²) in [4.78, 5) is 0. The van der Waals surface area contributed by atoms with Crippen LogP contribution in [0, 0.1) is 13.8 Å². The normalized spacial score (nSPS) is 10.1. The monoisotopic (exact) mass is 228 g/mol. The highest BCUT2D eigenvalue weighted by Gasteiger charge is 1.99. The van der Waals surface area contributed by atoms with Gasteiger partial charge in [-0.2, -0.15) is 0 Å². The quantitative estimate of drug-likeness (QED) is 0.625. The van der Waals surface area contributed by atoms with Crippen molar-refractivity contribution in [3.05, 3.63) is 53.6 Å². The molecule has 2 rings (SSSR count). The Bertz CT molecular complexity index is 486. The van der Waals surface area contributed by atoms with Gasteiger partial charge in [-0.15, -0.1) is 0 Å². The second-order valence-electron chi connectivity index (χ2n) is 4.09. The van der Waals surface area contributed by atoms with Gasteiger partial charge in [-0.25, -0.2) is 0 Å². The average molecular weight is 228 g/mol. The van der Waals surface area contributed by atoms with E-state index in [0.717, 1.165) is 17.2 Å². The van der Waals surface area contributed by atoms with Crippen molar-refractivity contribution in [1.29, 1.82) is 0 Å². The molecule has 3 heteroatoms. The molecule has 0 amide bonds. The summed E-state index contributed by atoms with van der Waals surface area (Å²) in [6.07, 6.45) is 0. The first kappa shape index (κ1) is 11.5. The summed E-state index contributed by atoms with van der Waals surface area (Å²) in [5.74, 6) is 6.96. The smallest absolute Gasteiger partial charge is 0.127 e. The van der Waals surface area contributed by atoms with Gasteiger partial charge in [0.15, 0.2) is 0 Å². The Morgan fingerprint density at radius 3 is 2.00 bits per heavy atom. The number of anilines is 1. The number of nitrogens with one attached hydrogen (secondary N) is 1. The molecular weight excluding hydrogens is 212 g/mol. The van der Waals surface area contributed by atoms with E-state index in [9.17, 15) is 0 Å². The highest BCUT2D eigenvalue weighted by molar-refractivity contribution is 5.46. The zero-order chi connectivity index (χ0) is 12.3. The van der Waals surface area contributed by atoms with E-state index in [-0.39, 0.29) is 0 Å². The van der Waals surface area contributed by atoms with Crippen molar-refractivity contribution in [2.75, 3.05) is 5.43 Å². The van der Waals surface area contributed by atoms with Gasteiger partial charge in [-0.1, -0.05) is 6.07 Å². The first-order valence-electron chi connectivity index (χ1n) is 5.50. The van der Waals surface area contributed by atoms with Crippen LogP contribution >= 0.6 is 0 Å². The first-order chi connectivity index (χ1) is 8.17. The molecule has 17 heavy (non-hydrogen) atoms. The number of ether oxygens (including phenoxy) is 1. The van der Waals surface area contributed by atoms with E-state index in [1.807, 2.05) is 36.4 Å². The maximum atomic E-state index is 5.77. The van der Waals surface area contributed by atoms with Gasteiger partial charge >= 0.3 is 0 Å². The number of hydrogen-bond acceptors (Lipinski definition) is 3. The lowest BCUT2D eigenvalue weighted by Gasteiger charge is -2.08. The molecule has 0 radical (unpaired) electrons. The maximum Gasteiger partial charge on any atom is 0.127 e. The summed E-state index contributed by atoms with van der Waals surface area (Å²) in [6.45, 7) is 4.11. The number of hydrazine groups is 1. The van der Waals surface area contributed by atoms with Crippen LogP contribution in [0.15, 0.2) is 42.5 Å². The van der Waals surface area contributed by atoms with E-state index in [2.05, 4.69) is 25.3 Å². The van der Waals surface area contributed by atoms with Gasteiger partial charge in [0.05, 0.1) is 0 Å². The molecular formula is C14H16N2O. The number of hydrogen-bond donors (Lipinski definition) is 2. The zero-order valence-electron chi connectivity index (χ0n) is 10.0. The van der Waals surface area contributed by atoms with Crippen LogP contribution in [-0.4, -0.2) is 0 Å². The first-order valence-corrected chi connectivity index (χ1v) is 5.50. The summed E-state index contributed by atoms with van der Waals surface area (Å²) in [5.41, 5.74) is 5.83. The van der Waals surface area contributed by atoms with Crippen LogP contribution < -0.4 is 16.0 Å². The van der Waals surface area contributed by atoms with Crippen molar-refractivity contribution in [2.45, 2.75) is 13.8 Å². The van der Waals surface area contributed by atoms with Crippen LogP contribution in [0.4, 0.5) is 5.69 Å². The maximum absolute atomic E-state index is 5.77. The standard InChI is InChI=1S/C14H16N2O/c1-10-7-11(2)9-14(8-10)17-13-5-3-12(16-15)4-6-13/h3-9,16H,15H2,1-2H3. The minimum atomic E-state index is 0.800. The Kier molecular flexibility index (Phi) is 3.30. The fourth-order valence-corrected chi connectivity index (χ4v) is 1.75. The predicted molar refractivity (Wildman–Crippen MR) is 70.2 cm³/mol. The third-order valence-electron chi connectivity index (χ3n) is 2.45. The molecule has 0 atom stereocenters. The van der Waals surface area contributed by atoms with E-state index < -0.39 is 0 Å². The van der Waals surface area contributed by atoms with Gasteiger partial charge < -0.3 is 10.2 Å². The van der Waals surface area contributed by atoms with Crippen molar-refractivity contribution >= 4 is 5.69 Å². The number of benzene rings is 2. The molecule has 0 unspecified atom stereocenters. The third kappa shape index (κ3) is 2.98. The van der Waals surface area contributed by atoms with Gasteiger partial charge in [0.2, 0.25) is 0 Å². The van der Waals surface area contributed by atoms with Gasteiger partial charge in [0.1, 0.15) is 11.5 Å². The van der Waals surface area contributed by atoms with Gasteiger partial charge in [-0.3, -0.25) is 5.84 Å². The van der Waals surface area contributed by atoms with E-state index in [1.54, 1.807) is 0 Å². The third-order valence-corrected chi connectivity index (χ3v) is 2.45. The topological polar surface area (TPSA) is 47.3 Å². The highest BCUT2D eigenvalue weighted by atomic mass is 16.5. The molecule has 0 aliphatic heterocycles. The fraction of sp³-hybridized carbons (Fsp3) is 0.143. The van der Waals surface area contributed by atoms with Crippen LogP contribution in [-0.2, 0) is 0 Å². The Morgan fingerprint density at radius 1 is 0.882 bits per heavy atom. The number of nitrogen functional groups attached to an aromatic ring is 1. The summed E-state index contributed by atoms with van der Waals surface area (Å²) < 4.78 is 5.77. The summed E-state index contributed by atoms with van der Waals surface area (Å²) in [6, 6.07) is 13.7. The van der Waals surface area contributed by atoms with Crippen LogP contribution in [0.25, 0.3) is 0 Å². The Labute approximate surface area is 101 Å². The van der Waals surface area contributed by atoms with E-state index in [1.165, 1.54) is 11.1 Å². The Balaban J connectivity index is 2.19. The van der Waals surface area contributed by atoms with Crippen molar-refractivity contribution in [3.8, 4) is 11.5 Å². The molecule has 3 nitrogen and oxygen atoms in total.